The lowest BCUT2D eigenvalue weighted by molar-refractivity contribution is -0.119. The summed E-state index contributed by atoms with van der Waals surface area (Å²) < 4.78 is 18.0. The van der Waals surface area contributed by atoms with Crippen LogP contribution in [0.3, 0.4) is 0 Å². The number of thiol groups is 1. The highest BCUT2D eigenvalue weighted by Crippen LogP contribution is 2.44. The molecule has 52 heavy (non-hydrogen) atoms. The summed E-state index contributed by atoms with van der Waals surface area (Å²) in [5.41, 5.74) is 10.5. The Morgan fingerprint density at radius 3 is 1.65 bits per heavy atom. The van der Waals surface area contributed by atoms with Gasteiger partial charge in [-0.1, -0.05) is 10.8 Å². The van der Waals surface area contributed by atoms with Gasteiger partial charge in [-0.05, 0) is 131 Å². The molecule has 0 amide bonds. The maximum Gasteiger partial charge on any atom is 0.293 e. The van der Waals surface area contributed by atoms with Crippen LogP contribution in [0.25, 0.3) is 10.4 Å². The number of carbonyl (C=O) groups is 4. The van der Waals surface area contributed by atoms with Crippen LogP contribution < -0.4 is 26.4 Å². The fourth-order valence-electron chi connectivity index (χ4n) is 3.13. The summed E-state index contributed by atoms with van der Waals surface area (Å²) in [5, 5.41) is 19.4. The predicted octanol–water partition coefficient (Wildman–Crippen LogP) is 5.75. The van der Waals surface area contributed by atoms with Crippen molar-refractivity contribution in [3.05, 3.63) is 21.7 Å². The van der Waals surface area contributed by atoms with Crippen LogP contribution in [-0.4, -0.2) is 120 Å². The zero-order valence-corrected chi connectivity index (χ0v) is 39.2. The molecule has 5 N–H and O–H groups in total. The van der Waals surface area contributed by atoms with Gasteiger partial charge in [-0.2, -0.15) is 12.6 Å². The molecule has 0 radical (unpaired) electrons. The molecule has 0 aromatic rings. The molecule has 0 bridgehead atoms. The van der Waals surface area contributed by atoms with Crippen molar-refractivity contribution in [1.82, 2.24) is 26.4 Å². The summed E-state index contributed by atoms with van der Waals surface area (Å²) in [6.07, 6.45) is 6.04. The van der Waals surface area contributed by atoms with Crippen LogP contribution in [0.1, 0.15) is 47.5 Å². The molecule has 0 aromatic carbocycles. The normalized spacial score (nSPS) is 13.7. The highest BCUT2D eigenvalue weighted by molar-refractivity contribution is 8.40. The van der Waals surface area contributed by atoms with Gasteiger partial charge in [0.25, 0.3) is 7.52 Å². The van der Waals surface area contributed by atoms with Crippen LogP contribution in [0.2, 0.25) is 0 Å². The van der Waals surface area contributed by atoms with Crippen LogP contribution in [0.5, 0.6) is 0 Å². The van der Waals surface area contributed by atoms with E-state index in [1.54, 1.807) is 47.4 Å². The Kier molecular flexibility index (Phi) is 50.4. The summed E-state index contributed by atoms with van der Waals surface area (Å²) >= 11 is 14.2. The molecule has 0 aliphatic rings. The Bertz CT molecular complexity index is 1170. The van der Waals surface area contributed by atoms with Crippen molar-refractivity contribution in [3.63, 3.8) is 0 Å². The largest absolute Gasteiger partial charge is 0.315 e. The topological polar surface area (TPSA) is 203 Å². The Morgan fingerprint density at radius 1 is 0.942 bits per heavy atom. The number of ketones is 4. The smallest absolute Gasteiger partial charge is 0.293 e. The van der Waals surface area contributed by atoms with E-state index in [-0.39, 0.29) is 55.2 Å². The Morgan fingerprint density at radius 2 is 1.37 bits per heavy atom. The van der Waals surface area contributed by atoms with Crippen molar-refractivity contribution in [2.24, 2.45) is 5.11 Å². The number of rotatable bonds is 23. The minimum atomic E-state index is -3.10. The average molecular weight is 881 g/mol. The van der Waals surface area contributed by atoms with Gasteiger partial charge in [0.15, 0.2) is 0 Å². The molecular weight excluding hydrogens is 821 g/mol. The number of carbonyl (C=O) groups excluding carboxylic acids is 4. The molecule has 0 spiro atoms. The Balaban J connectivity index is -0.000000215. The Hall–Kier alpha value is -0.550. The van der Waals surface area contributed by atoms with Crippen LogP contribution in [-0.2, 0) is 51.9 Å². The fraction of sp³-hybridized carbons (Fsp3) is 0.733. The first-order chi connectivity index (χ1) is 24.4. The lowest BCUT2D eigenvalue weighted by Crippen LogP contribution is -2.35. The van der Waals surface area contributed by atoms with Crippen LogP contribution in [0.15, 0.2) is 16.3 Å². The van der Waals surface area contributed by atoms with E-state index < -0.39 is 7.52 Å². The van der Waals surface area contributed by atoms with Gasteiger partial charge in [0.2, 0.25) is 0 Å². The maximum atomic E-state index is 12.7. The monoisotopic (exact) mass is 880 g/mol. The van der Waals surface area contributed by atoms with E-state index in [1.807, 2.05) is 0 Å². The molecule has 0 saturated heterocycles. The van der Waals surface area contributed by atoms with Gasteiger partial charge in [0, 0.05) is 49.4 Å². The average Bonchev–Trinajstić information content (AvgIpc) is 3.09. The number of nitrogens with one attached hydrogen (secondary N) is 5. The van der Waals surface area contributed by atoms with Gasteiger partial charge in [0.1, 0.15) is 23.1 Å². The van der Waals surface area contributed by atoms with Gasteiger partial charge in [-0.15, -0.1) is 18.2 Å². The van der Waals surface area contributed by atoms with Gasteiger partial charge in [-0.25, -0.2) is 5.09 Å². The molecule has 1 unspecified atom stereocenters. The van der Waals surface area contributed by atoms with Crippen LogP contribution in [0, 0.1) is 12.1 Å². The summed E-state index contributed by atoms with van der Waals surface area (Å²) in [6.45, 7) is 13.1. The van der Waals surface area contributed by atoms with E-state index in [9.17, 15) is 23.7 Å². The summed E-state index contributed by atoms with van der Waals surface area (Å²) in [6, 6.07) is -0.747. The van der Waals surface area contributed by atoms with Crippen molar-refractivity contribution in [2.45, 2.75) is 71.6 Å². The molecule has 0 aromatic heterocycles. The van der Waals surface area contributed by atoms with Gasteiger partial charge in [0.05, 0.1) is 30.8 Å². The maximum absolute atomic E-state index is 12.7. The first-order valence-electron chi connectivity index (χ1n) is 15.8. The van der Waals surface area contributed by atoms with E-state index in [0.29, 0.717) is 44.0 Å². The fourth-order valence-corrected chi connectivity index (χ4v) is 6.37. The van der Waals surface area contributed by atoms with E-state index >= 15 is 0 Å². The first-order valence-corrected chi connectivity index (χ1v) is 25.9. The molecule has 0 aliphatic heterocycles. The minimum Gasteiger partial charge on any atom is -0.315 e. The quantitative estimate of drug-likeness (QED) is 0.0181. The third-order valence-corrected chi connectivity index (χ3v) is 12.6. The molecule has 300 valence electrons. The molecule has 0 saturated carbocycles. The second kappa shape index (κ2) is 43.2. The number of thioether (sulfide) groups is 1. The van der Waals surface area contributed by atoms with Gasteiger partial charge in [-0.3, -0.25) is 23.7 Å². The van der Waals surface area contributed by atoms with E-state index in [2.05, 4.69) is 91.6 Å². The zero-order valence-electron chi connectivity index (χ0n) is 32.2. The molecule has 22 heteroatoms. The van der Waals surface area contributed by atoms with E-state index in [0.717, 1.165) is 14.1 Å². The number of Topliss-reactive ketones (excluding diaryl/α,β-unsaturated/α-hetero) is 4. The van der Waals surface area contributed by atoms with Gasteiger partial charge < -0.3 is 25.8 Å². The van der Waals surface area contributed by atoms with Crippen molar-refractivity contribution in [1.29, 1.82) is 0 Å². The molecule has 14 nitrogen and oxygen atoms in total. The first kappa shape index (κ1) is 60.7. The number of nitrogens with zero attached hydrogens (tertiary/aromatic N) is 3. The van der Waals surface area contributed by atoms with Crippen molar-refractivity contribution in [2.75, 3.05) is 72.7 Å². The highest BCUT2D eigenvalue weighted by Gasteiger charge is 2.20. The van der Waals surface area contributed by atoms with Crippen molar-refractivity contribution < 1.29 is 28.3 Å². The lowest BCUT2D eigenvalue weighted by atomic mass is 10.1. The number of azide groups is 1. The third kappa shape index (κ3) is 42.2. The summed E-state index contributed by atoms with van der Waals surface area (Å²) in [7, 11) is 5.48. The Labute approximate surface area is 336 Å². The molecule has 0 rings (SSSR count). The van der Waals surface area contributed by atoms with Crippen molar-refractivity contribution in [3.8, 4) is 12.1 Å². The number of likely N-dealkylation sites (N-methyl/N-ethyl adjacent to an activating group) is 4. The minimum absolute atomic E-state index is 0.0407. The summed E-state index contributed by atoms with van der Waals surface area (Å²) in [4.78, 5) is 46.6. The lowest BCUT2D eigenvalue weighted by Gasteiger charge is -2.18. The van der Waals surface area contributed by atoms with E-state index in [4.69, 9.17) is 16.5 Å². The zero-order chi connectivity index (χ0) is 41.5. The number of terminal acetylenes is 1. The molecule has 0 fully saturated rings. The molecule has 0 heterocycles. The second-order valence-electron chi connectivity index (χ2n) is 10.3. The standard InChI is InChI=1S/C15H30N3O4PS.C6H12N4O.C5H11NOS.C4H7P.P2S2/c1-6-22-23(21,18-8-7-14(16-4)12(2)19)9-10-24-11-15(17-5)13(3)20;1-5(11)6(8-2)3-4-9-10-7;1-4(7)5(3-8)6-2;1-4-5(2)3;3-1-2-4/h9-10,14-17H,6-8,11H2,1-5H3,(H,18,21);6,8H,3-4H2,1-2H3;5-6,8H,3H2,1-2H3;1H,2-3H3;/b10-9-;;;;/t14-,15-,23?;6-;5-;;/m000../s1. The van der Waals surface area contributed by atoms with Crippen LogP contribution >= 0.6 is 53.9 Å². The van der Waals surface area contributed by atoms with E-state index in [1.165, 1.54) is 38.4 Å². The number of hydrogen-bond donors (Lipinski definition) is 6. The summed E-state index contributed by atoms with van der Waals surface area (Å²) in [5.74, 6) is 2.96. The van der Waals surface area contributed by atoms with Gasteiger partial charge >= 0.3 is 0 Å². The van der Waals surface area contributed by atoms with Crippen molar-refractivity contribution >= 4 is 101 Å². The number of hydrogen-bond acceptors (Lipinski definition) is 15. The van der Waals surface area contributed by atoms with Crippen LogP contribution in [0.4, 0.5) is 0 Å². The third-order valence-electron chi connectivity index (χ3n) is 6.11. The molecular formula is C30H60N8O6P4S4. The predicted molar refractivity (Wildman–Crippen MR) is 236 cm³/mol. The SMILES string of the molecule is C#CP(C)C.CCOP(=O)(/C=C\SC[C@H](NC)C(C)=O)NCC[C@H](NC)C(C)=O.CN[C@@H](CCN=[N+]=[N-])C(C)=O.CN[C@@H](CS)C(C)=O.S=PP=S. The second-order valence-corrected chi connectivity index (χ2v) is 19.9. The molecule has 5 atom stereocenters. The highest BCUT2D eigenvalue weighted by atomic mass is 32.7. The molecule has 0 aliphatic carbocycles.